The Morgan fingerprint density at radius 2 is 2.10 bits per heavy atom. The lowest BCUT2D eigenvalue weighted by atomic mass is 10.2. The summed E-state index contributed by atoms with van der Waals surface area (Å²) in [4.78, 5) is 1.88. The van der Waals surface area contributed by atoms with Crippen molar-refractivity contribution >= 4 is 21.6 Å². The largest absolute Gasteiger partial charge is 0.360 e. The van der Waals surface area contributed by atoms with Crippen LogP contribution in [-0.2, 0) is 16.4 Å². The Morgan fingerprint density at radius 3 is 2.70 bits per heavy atom. The van der Waals surface area contributed by atoms with Gasteiger partial charge in [0.05, 0.1) is 0 Å². The third kappa shape index (κ3) is 3.56. The molecule has 20 heavy (non-hydrogen) atoms. The molecule has 106 valence electrons. The summed E-state index contributed by atoms with van der Waals surface area (Å²) < 4.78 is 23.5. The molecule has 0 aromatic heterocycles. The second-order valence-electron chi connectivity index (χ2n) is 4.63. The van der Waals surface area contributed by atoms with Crippen molar-refractivity contribution in [2.75, 3.05) is 18.6 Å². The van der Waals surface area contributed by atoms with Gasteiger partial charge in [0.2, 0.25) is 0 Å². The Bertz CT molecular complexity index is 646. The van der Waals surface area contributed by atoms with Crippen molar-refractivity contribution in [1.29, 1.82) is 5.26 Å². The van der Waals surface area contributed by atoms with Gasteiger partial charge in [-0.3, -0.25) is 0 Å². The van der Waals surface area contributed by atoms with Crippen molar-refractivity contribution < 1.29 is 8.42 Å². The molecule has 1 fully saturated rings. The van der Waals surface area contributed by atoms with Crippen molar-refractivity contribution in [3.63, 3.8) is 0 Å². The zero-order valence-corrected chi connectivity index (χ0v) is 12.9. The number of thioether (sulfide) groups is 1. The molecule has 0 bridgehead atoms. The molecule has 0 saturated carbocycles. The van der Waals surface area contributed by atoms with E-state index in [1.165, 1.54) is 11.8 Å². The number of allylic oxidation sites excluding steroid dienone is 1. The van der Waals surface area contributed by atoms with Crippen LogP contribution >= 0.6 is 11.8 Å². The summed E-state index contributed by atoms with van der Waals surface area (Å²) in [5, 5.41) is 9.76. The first kappa shape index (κ1) is 14.9. The predicted molar refractivity (Wildman–Crippen MR) is 81.4 cm³/mol. The van der Waals surface area contributed by atoms with Crippen LogP contribution in [0.25, 0.3) is 0 Å². The zero-order chi connectivity index (χ0) is 14.6. The Morgan fingerprint density at radius 1 is 1.40 bits per heavy atom. The van der Waals surface area contributed by atoms with Crippen molar-refractivity contribution in [2.45, 2.75) is 13.0 Å². The maximum Gasteiger partial charge on any atom is 0.188 e. The molecule has 0 radical (unpaired) electrons. The summed E-state index contributed by atoms with van der Waals surface area (Å²) in [6.07, 6.45) is 2.08. The number of rotatable bonds is 3. The molecule has 0 atom stereocenters. The van der Waals surface area contributed by atoms with E-state index < -0.39 is 9.84 Å². The molecule has 1 saturated heterocycles. The molecule has 1 aliphatic rings. The van der Waals surface area contributed by atoms with Gasteiger partial charge < -0.3 is 4.90 Å². The fourth-order valence-electron chi connectivity index (χ4n) is 2.07. The summed E-state index contributed by atoms with van der Waals surface area (Å²) in [7, 11) is -3.48. The Labute approximate surface area is 124 Å². The molecule has 1 heterocycles. The van der Waals surface area contributed by atoms with Gasteiger partial charge >= 0.3 is 0 Å². The van der Waals surface area contributed by atoms with Gasteiger partial charge in [-0.2, -0.15) is 5.26 Å². The molecule has 4 nitrogen and oxygen atoms in total. The van der Waals surface area contributed by atoms with Crippen LogP contribution in [0.15, 0.2) is 40.3 Å². The van der Waals surface area contributed by atoms with E-state index in [1.807, 2.05) is 41.3 Å². The molecule has 0 N–H and O–H groups in total. The van der Waals surface area contributed by atoms with Crippen molar-refractivity contribution in [3.05, 3.63) is 45.8 Å². The highest BCUT2D eigenvalue weighted by Crippen LogP contribution is 2.32. The van der Waals surface area contributed by atoms with Crippen LogP contribution in [0.2, 0.25) is 0 Å². The minimum absolute atomic E-state index is 0.113. The van der Waals surface area contributed by atoms with E-state index in [0.717, 1.165) is 30.5 Å². The quantitative estimate of drug-likeness (QED) is 0.802. The normalized spacial score (nSPS) is 18.5. The number of benzene rings is 1. The highest BCUT2D eigenvalue weighted by atomic mass is 32.2. The number of hydrogen-bond donors (Lipinski definition) is 0. The van der Waals surface area contributed by atoms with E-state index >= 15 is 0 Å². The van der Waals surface area contributed by atoms with E-state index in [-0.39, 0.29) is 4.91 Å². The van der Waals surface area contributed by atoms with Crippen LogP contribution in [0.1, 0.15) is 12.0 Å². The van der Waals surface area contributed by atoms with E-state index in [9.17, 15) is 13.7 Å². The molecule has 6 heteroatoms. The van der Waals surface area contributed by atoms with Crippen LogP contribution < -0.4 is 0 Å². The second kappa shape index (κ2) is 6.33. The zero-order valence-electron chi connectivity index (χ0n) is 11.2. The molecular formula is C14H16N2O2S2. The highest BCUT2D eigenvalue weighted by Gasteiger charge is 2.25. The van der Waals surface area contributed by atoms with Crippen molar-refractivity contribution in [3.8, 4) is 6.07 Å². The van der Waals surface area contributed by atoms with Gasteiger partial charge in [0, 0.05) is 25.1 Å². The highest BCUT2D eigenvalue weighted by molar-refractivity contribution is 8.04. The first-order valence-electron chi connectivity index (χ1n) is 6.28. The van der Waals surface area contributed by atoms with E-state index in [1.54, 1.807) is 0 Å². The molecule has 2 rings (SSSR count). The summed E-state index contributed by atoms with van der Waals surface area (Å²) in [5.74, 6) is 0.849. The SMILES string of the molecule is CS(=O)(=O)/C(C#N)=C1/SCCCN1Cc1ccccc1. The van der Waals surface area contributed by atoms with E-state index in [4.69, 9.17) is 0 Å². The summed E-state index contributed by atoms with van der Waals surface area (Å²) >= 11 is 1.45. The first-order chi connectivity index (χ1) is 9.52. The van der Waals surface area contributed by atoms with Gasteiger partial charge in [0.15, 0.2) is 14.7 Å². The number of sulfone groups is 1. The Hall–Kier alpha value is -1.45. The van der Waals surface area contributed by atoms with Crippen LogP contribution in [0.4, 0.5) is 0 Å². The van der Waals surface area contributed by atoms with Crippen LogP contribution in [0, 0.1) is 11.3 Å². The molecular weight excluding hydrogens is 292 g/mol. The fraction of sp³-hybridized carbons (Fsp3) is 0.357. The van der Waals surface area contributed by atoms with E-state index in [2.05, 4.69) is 0 Å². The third-order valence-corrected chi connectivity index (χ3v) is 5.37. The molecule has 1 aromatic rings. The molecule has 1 aliphatic heterocycles. The van der Waals surface area contributed by atoms with Gasteiger partial charge in [0.1, 0.15) is 11.1 Å². The maximum atomic E-state index is 11.7. The molecule has 0 aliphatic carbocycles. The average molecular weight is 308 g/mol. The third-order valence-electron chi connectivity index (χ3n) is 2.98. The van der Waals surface area contributed by atoms with Crippen molar-refractivity contribution in [2.24, 2.45) is 0 Å². The summed E-state index contributed by atoms with van der Waals surface area (Å²) in [6, 6.07) is 11.7. The summed E-state index contributed by atoms with van der Waals surface area (Å²) in [5.41, 5.74) is 1.11. The van der Waals surface area contributed by atoms with Crippen LogP contribution in [0.3, 0.4) is 0 Å². The Kier molecular flexibility index (Phi) is 4.73. The van der Waals surface area contributed by atoms with Crippen molar-refractivity contribution in [1.82, 2.24) is 4.90 Å². The van der Waals surface area contributed by atoms with Gasteiger partial charge in [-0.15, -0.1) is 11.8 Å². The fourth-order valence-corrected chi connectivity index (χ4v) is 4.30. The molecule has 1 aromatic carbocycles. The number of nitriles is 1. The maximum absolute atomic E-state index is 11.7. The summed E-state index contributed by atoms with van der Waals surface area (Å²) in [6.45, 7) is 1.40. The minimum atomic E-state index is -3.48. The number of nitrogens with zero attached hydrogens (tertiary/aromatic N) is 2. The topological polar surface area (TPSA) is 61.2 Å². The Balaban J connectivity index is 2.35. The van der Waals surface area contributed by atoms with E-state index in [0.29, 0.717) is 11.6 Å². The number of hydrogen-bond acceptors (Lipinski definition) is 5. The lowest BCUT2D eigenvalue weighted by molar-refractivity contribution is 0.353. The monoisotopic (exact) mass is 308 g/mol. The van der Waals surface area contributed by atoms with Gasteiger partial charge in [-0.1, -0.05) is 30.3 Å². The van der Waals surface area contributed by atoms with Gasteiger partial charge in [-0.25, -0.2) is 8.42 Å². The predicted octanol–water partition coefficient (Wildman–Crippen LogP) is 2.36. The molecule has 0 spiro atoms. The smallest absolute Gasteiger partial charge is 0.188 e. The first-order valence-corrected chi connectivity index (χ1v) is 9.16. The lowest BCUT2D eigenvalue weighted by Crippen LogP contribution is -2.28. The van der Waals surface area contributed by atoms with Crippen LogP contribution in [-0.4, -0.2) is 31.9 Å². The lowest BCUT2D eigenvalue weighted by Gasteiger charge is -2.31. The molecule has 0 amide bonds. The standard InChI is InChI=1S/C14H16N2O2S2/c1-20(17,18)13(10-15)14-16(8-5-9-19-14)11-12-6-3-2-4-7-12/h2-4,6-7H,5,8-9,11H2,1H3/b14-13+. The molecule has 0 unspecified atom stereocenters. The second-order valence-corrected chi connectivity index (χ2v) is 7.66. The van der Waals surface area contributed by atoms with Gasteiger partial charge in [-0.05, 0) is 12.0 Å². The van der Waals surface area contributed by atoms with Gasteiger partial charge in [0.25, 0.3) is 0 Å². The minimum Gasteiger partial charge on any atom is -0.360 e. The van der Waals surface area contributed by atoms with Crippen LogP contribution in [0.5, 0.6) is 0 Å². The average Bonchev–Trinajstić information content (AvgIpc) is 2.41.